The highest BCUT2D eigenvalue weighted by atomic mass is 16.3. The second kappa shape index (κ2) is 6.89. The summed E-state index contributed by atoms with van der Waals surface area (Å²) in [6, 6.07) is 9.96. The van der Waals surface area contributed by atoms with E-state index >= 15 is 0 Å². The summed E-state index contributed by atoms with van der Waals surface area (Å²) >= 11 is 0. The predicted octanol–water partition coefficient (Wildman–Crippen LogP) is 1.37. The van der Waals surface area contributed by atoms with Crippen LogP contribution in [-0.4, -0.2) is 41.7 Å². The number of aliphatic hydroxyl groups is 1. The van der Waals surface area contributed by atoms with Crippen molar-refractivity contribution in [2.24, 2.45) is 5.92 Å². The number of hydrogen-bond acceptors (Lipinski definition) is 4. The van der Waals surface area contributed by atoms with Crippen LogP contribution in [0.2, 0.25) is 0 Å². The van der Waals surface area contributed by atoms with Crippen LogP contribution < -0.4 is 10.6 Å². The van der Waals surface area contributed by atoms with Gasteiger partial charge in [-0.1, -0.05) is 29.8 Å². The van der Waals surface area contributed by atoms with E-state index in [2.05, 4.69) is 15.6 Å². The van der Waals surface area contributed by atoms with Crippen LogP contribution in [0.3, 0.4) is 0 Å². The third-order valence-electron chi connectivity index (χ3n) is 4.21. The number of carbonyl (C=O) groups excluding carboxylic acids is 1. The van der Waals surface area contributed by atoms with Gasteiger partial charge in [0.05, 0.1) is 11.7 Å². The van der Waals surface area contributed by atoms with Gasteiger partial charge < -0.3 is 15.7 Å². The number of nitrogens with one attached hydrogen (secondary N) is 2. The molecule has 1 amide bonds. The van der Waals surface area contributed by atoms with Gasteiger partial charge in [0.15, 0.2) is 0 Å². The molecule has 5 nitrogen and oxygen atoms in total. The Balaban J connectivity index is 1.69. The lowest BCUT2D eigenvalue weighted by molar-refractivity contribution is 0.0926. The maximum atomic E-state index is 12.3. The van der Waals surface area contributed by atoms with Crippen LogP contribution in [0.1, 0.15) is 15.9 Å². The van der Waals surface area contributed by atoms with Crippen LogP contribution in [0.15, 0.2) is 42.7 Å². The molecule has 120 valence electrons. The Hall–Kier alpha value is -2.24. The maximum Gasteiger partial charge on any atom is 0.252 e. The van der Waals surface area contributed by atoms with Crippen LogP contribution in [0, 0.1) is 12.8 Å². The summed E-state index contributed by atoms with van der Waals surface area (Å²) in [4.78, 5) is 16.5. The Morgan fingerprint density at radius 1 is 1.26 bits per heavy atom. The minimum atomic E-state index is -0.396. The average molecular weight is 311 g/mol. The molecule has 1 aromatic heterocycles. The number of amides is 1. The van der Waals surface area contributed by atoms with Crippen molar-refractivity contribution in [3.8, 4) is 11.1 Å². The molecule has 0 aliphatic carbocycles. The Bertz CT molecular complexity index is 685. The number of aliphatic hydroxyl groups excluding tert-OH is 1. The normalized spacial score (nSPS) is 20.4. The quantitative estimate of drug-likeness (QED) is 0.797. The monoisotopic (exact) mass is 311 g/mol. The largest absolute Gasteiger partial charge is 0.391 e. The molecular formula is C18H21N3O2. The number of rotatable bonds is 4. The first kappa shape index (κ1) is 15.6. The first-order valence-electron chi connectivity index (χ1n) is 7.82. The molecule has 1 aliphatic heterocycles. The van der Waals surface area contributed by atoms with Crippen molar-refractivity contribution in [2.75, 3.05) is 19.6 Å². The number of pyridine rings is 1. The Morgan fingerprint density at radius 2 is 2.04 bits per heavy atom. The number of benzene rings is 1. The van der Waals surface area contributed by atoms with E-state index in [4.69, 9.17) is 0 Å². The number of carbonyl (C=O) groups is 1. The maximum absolute atomic E-state index is 12.3. The van der Waals surface area contributed by atoms with Crippen LogP contribution in [0.5, 0.6) is 0 Å². The lowest BCUT2D eigenvalue weighted by atomic mass is 10.0. The zero-order valence-corrected chi connectivity index (χ0v) is 13.1. The first-order chi connectivity index (χ1) is 11.1. The molecule has 3 rings (SSSR count). The molecule has 3 N–H and O–H groups in total. The van der Waals surface area contributed by atoms with Crippen LogP contribution >= 0.6 is 0 Å². The fourth-order valence-electron chi connectivity index (χ4n) is 2.72. The molecule has 1 fully saturated rings. The highest BCUT2D eigenvalue weighted by molar-refractivity contribution is 5.95. The standard InChI is InChI=1S/C18H21N3O2/c1-12-2-4-13(5-3-12)14-6-15(8-19-7-14)18(23)21-10-16-9-20-11-17(16)22/h2-8,16-17,20,22H,9-11H2,1H3,(H,21,23). The van der Waals surface area contributed by atoms with Crippen molar-refractivity contribution in [2.45, 2.75) is 13.0 Å². The number of β-amino-alcohol motifs (C(OH)–C–C–N with tert-alkyl or cyclic N) is 1. The molecule has 1 aliphatic rings. The highest BCUT2D eigenvalue weighted by Gasteiger charge is 2.25. The van der Waals surface area contributed by atoms with E-state index in [0.717, 1.165) is 17.7 Å². The molecule has 5 heteroatoms. The van der Waals surface area contributed by atoms with Crippen molar-refractivity contribution in [1.82, 2.24) is 15.6 Å². The zero-order chi connectivity index (χ0) is 16.2. The fourth-order valence-corrected chi connectivity index (χ4v) is 2.72. The number of aryl methyl sites for hydroxylation is 1. The lowest BCUT2D eigenvalue weighted by Crippen LogP contribution is -2.34. The summed E-state index contributed by atoms with van der Waals surface area (Å²) in [7, 11) is 0. The van der Waals surface area contributed by atoms with E-state index in [1.165, 1.54) is 5.56 Å². The van der Waals surface area contributed by atoms with Gasteiger partial charge in [-0.15, -0.1) is 0 Å². The smallest absolute Gasteiger partial charge is 0.252 e. The van der Waals surface area contributed by atoms with Crippen molar-refractivity contribution in [3.63, 3.8) is 0 Å². The Kier molecular flexibility index (Phi) is 4.69. The molecule has 1 aromatic carbocycles. The van der Waals surface area contributed by atoms with E-state index < -0.39 is 6.10 Å². The summed E-state index contributed by atoms with van der Waals surface area (Å²) in [6.07, 6.45) is 2.93. The minimum absolute atomic E-state index is 0.0622. The second-order valence-corrected chi connectivity index (χ2v) is 6.02. The van der Waals surface area contributed by atoms with E-state index in [1.807, 2.05) is 37.3 Å². The van der Waals surface area contributed by atoms with Crippen LogP contribution in [0.25, 0.3) is 11.1 Å². The molecule has 0 bridgehead atoms. The third-order valence-corrected chi connectivity index (χ3v) is 4.21. The molecule has 2 heterocycles. The van der Waals surface area contributed by atoms with Gasteiger partial charge in [-0.25, -0.2) is 0 Å². The molecule has 0 saturated carbocycles. The zero-order valence-electron chi connectivity index (χ0n) is 13.1. The molecule has 0 radical (unpaired) electrons. The second-order valence-electron chi connectivity index (χ2n) is 6.02. The summed E-state index contributed by atoms with van der Waals surface area (Å²) in [6.45, 7) is 3.81. The van der Waals surface area contributed by atoms with Crippen LogP contribution in [-0.2, 0) is 0 Å². The third kappa shape index (κ3) is 3.75. The molecule has 23 heavy (non-hydrogen) atoms. The van der Waals surface area contributed by atoms with Crippen molar-refractivity contribution in [1.29, 1.82) is 0 Å². The van der Waals surface area contributed by atoms with Gasteiger partial charge in [0.2, 0.25) is 0 Å². The SMILES string of the molecule is Cc1ccc(-c2cncc(C(=O)NCC3CNCC3O)c2)cc1. The lowest BCUT2D eigenvalue weighted by Gasteiger charge is -2.14. The molecule has 1 saturated heterocycles. The molecule has 0 spiro atoms. The van der Waals surface area contributed by atoms with Crippen molar-refractivity contribution >= 4 is 5.91 Å². The van der Waals surface area contributed by atoms with Gasteiger partial charge in [-0.3, -0.25) is 9.78 Å². The summed E-state index contributed by atoms with van der Waals surface area (Å²) < 4.78 is 0. The molecule has 2 aromatic rings. The summed E-state index contributed by atoms with van der Waals surface area (Å²) in [5.74, 6) is -0.0993. The van der Waals surface area contributed by atoms with E-state index in [0.29, 0.717) is 18.7 Å². The fraction of sp³-hybridized carbons (Fsp3) is 0.333. The minimum Gasteiger partial charge on any atom is -0.391 e. The Morgan fingerprint density at radius 3 is 2.74 bits per heavy atom. The number of hydrogen-bond donors (Lipinski definition) is 3. The van der Waals surface area contributed by atoms with E-state index in [9.17, 15) is 9.90 Å². The number of aromatic nitrogens is 1. The van der Waals surface area contributed by atoms with Gasteiger partial charge in [-0.05, 0) is 18.6 Å². The van der Waals surface area contributed by atoms with E-state index in [-0.39, 0.29) is 11.8 Å². The van der Waals surface area contributed by atoms with Crippen molar-refractivity contribution in [3.05, 3.63) is 53.9 Å². The molecule has 2 atom stereocenters. The predicted molar refractivity (Wildman–Crippen MR) is 89.1 cm³/mol. The van der Waals surface area contributed by atoms with Gasteiger partial charge in [0.1, 0.15) is 0 Å². The Labute approximate surface area is 135 Å². The highest BCUT2D eigenvalue weighted by Crippen LogP contribution is 2.20. The van der Waals surface area contributed by atoms with Gasteiger partial charge >= 0.3 is 0 Å². The van der Waals surface area contributed by atoms with Crippen molar-refractivity contribution < 1.29 is 9.90 Å². The summed E-state index contributed by atoms with van der Waals surface area (Å²) in [5.41, 5.74) is 3.68. The van der Waals surface area contributed by atoms with Gasteiger partial charge in [0, 0.05) is 43.5 Å². The van der Waals surface area contributed by atoms with E-state index in [1.54, 1.807) is 12.4 Å². The topological polar surface area (TPSA) is 74.2 Å². The van der Waals surface area contributed by atoms with Gasteiger partial charge in [-0.2, -0.15) is 0 Å². The number of nitrogens with zero attached hydrogens (tertiary/aromatic N) is 1. The molecular weight excluding hydrogens is 290 g/mol. The van der Waals surface area contributed by atoms with Crippen LogP contribution in [0.4, 0.5) is 0 Å². The first-order valence-corrected chi connectivity index (χ1v) is 7.82. The van der Waals surface area contributed by atoms with Gasteiger partial charge in [0.25, 0.3) is 5.91 Å². The molecule has 2 unspecified atom stereocenters. The average Bonchev–Trinajstić information content (AvgIpc) is 2.98. The summed E-state index contributed by atoms with van der Waals surface area (Å²) in [5, 5.41) is 15.7.